The summed E-state index contributed by atoms with van der Waals surface area (Å²) < 4.78 is 22.5. The Morgan fingerprint density at radius 3 is 1.62 bits per heavy atom. The zero-order valence-corrected chi connectivity index (χ0v) is 10.4. The highest BCUT2D eigenvalue weighted by atomic mass is 35.5. The quantitative estimate of drug-likeness (QED) is 0.793. The van der Waals surface area contributed by atoms with E-state index in [0.717, 1.165) is 24.5 Å². The van der Waals surface area contributed by atoms with Crippen LogP contribution in [0.2, 0.25) is 0 Å². The summed E-state index contributed by atoms with van der Waals surface area (Å²) in [5.41, 5.74) is -0.179. The largest absolute Gasteiger partial charge is 0.276 e. The van der Waals surface area contributed by atoms with E-state index < -0.39 is 20.3 Å². The molecule has 0 saturated carbocycles. The van der Waals surface area contributed by atoms with Crippen molar-refractivity contribution in [2.75, 3.05) is 6.26 Å². The molecule has 86 valence electrons. The minimum absolute atomic E-state index is 0.0893. The van der Waals surface area contributed by atoms with Gasteiger partial charge in [0.25, 0.3) is 10.5 Å². The lowest BCUT2D eigenvalue weighted by Crippen LogP contribution is -2.03. The molecule has 0 amide bonds. The van der Waals surface area contributed by atoms with Crippen molar-refractivity contribution in [3.8, 4) is 0 Å². The predicted molar refractivity (Wildman–Crippen MR) is 59.9 cm³/mol. The Bertz CT molecular complexity index is 531. The molecule has 1 aromatic rings. The Hall–Kier alpha value is -0.910. The van der Waals surface area contributed by atoms with Gasteiger partial charge in [-0.25, -0.2) is 8.42 Å². The molecular weight excluding hydrogens is 275 g/mol. The van der Waals surface area contributed by atoms with Crippen molar-refractivity contribution in [3.05, 3.63) is 29.3 Å². The van der Waals surface area contributed by atoms with Crippen LogP contribution in [0.25, 0.3) is 0 Å². The van der Waals surface area contributed by atoms with E-state index in [2.05, 4.69) is 0 Å². The normalized spacial score (nSPS) is 11.2. The molecular formula is C9H6Cl2O4S. The number of carbonyl (C=O) groups excluding carboxylic acids is 2. The summed E-state index contributed by atoms with van der Waals surface area (Å²) in [5.74, 6) is 0. The Balaban J connectivity index is 3.54. The molecule has 1 aromatic carbocycles. The fraction of sp³-hybridized carbons (Fsp3) is 0.111. The summed E-state index contributed by atoms with van der Waals surface area (Å²) in [4.78, 5) is 21.7. The van der Waals surface area contributed by atoms with Gasteiger partial charge in [0.2, 0.25) is 0 Å². The highest BCUT2D eigenvalue weighted by Gasteiger charge is 2.15. The van der Waals surface area contributed by atoms with Crippen LogP contribution < -0.4 is 0 Å². The Kier molecular flexibility index (Phi) is 3.72. The maximum atomic E-state index is 11.3. The van der Waals surface area contributed by atoms with Gasteiger partial charge in [0, 0.05) is 17.4 Å². The van der Waals surface area contributed by atoms with Gasteiger partial charge in [-0.05, 0) is 41.4 Å². The summed E-state index contributed by atoms with van der Waals surface area (Å²) in [6.07, 6.45) is 0.952. The van der Waals surface area contributed by atoms with Crippen molar-refractivity contribution in [2.45, 2.75) is 4.90 Å². The molecule has 0 atom stereocenters. The average molecular weight is 281 g/mol. The number of rotatable bonds is 3. The molecule has 16 heavy (non-hydrogen) atoms. The third-order valence-corrected chi connectivity index (χ3v) is 3.32. The van der Waals surface area contributed by atoms with Gasteiger partial charge in [0.15, 0.2) is 9.84 Å². The number of hydrogen-bond donors (Lipinski definition) is 0. The second-order valence-electron chi connectivity index (χ2n) is 3.07. The van der Waals surface area contributed by atoms with Crippen molar-refractivity contribution in [2.24, 2.45) is 0 Å². The number of benzene rings is 1. The van der Waals surface area contributed by atoms with E-state index in [-0.39, 0.29) is 16.0 Å². The summed E-state index contributed by atoms with van der Waals surface area (Å²) in [6.45, 7) is 0. The van der Waals surface area contributed by atoms with E-state index in [0.29, 0.717) is 0 Å². The van der Waals surface area contributed by atoms with E-state index >= 15 is 0 Å². The molecule has 0 fully saturated rings. The number of carbonyl (C=O) groups is 2. The van der Waals surface area contributed by atoms with Crippen molar-refractivity contribution in [1.82, 2.24) is 0 Å². The Labute approximate surface area is 102 Å². The van der Waals surface area contributed by atoms with Crippen LogP contribution in [0.3, 0.4) is 0 Å². The molecule has 0 aliphatic rings. The molecule has 0 N–H and O–H groups in total. The van der Waals surface area contributed by atoms with Crippen LogP contribution >= 0.6 is 23.2 Å². The molecule has 7 heteroatoms. The van der Waals surface area contributed by atoms with Gasteiger partial charge >= 0.3 is 0 Å². The number of halogens is 2. The van der Waals surface area contributed by atoms with E-state index in [1.165, 1.54) is 0 Å². The lowest BCUT2D eigenvalue weighted by molar-refractivity contribution is 0.108. The third-order valence-electron chi connectivity index (χ3n) is 1.79. The predicted octanol–water partition coefficient (Wildman–Crippen LogP) is 1.85. The molecule has 0 radical (unpaired) electrons. The lowest BCUT2D eigenvalue weighted by atomic mass is 10.1. The fourth-order valence-corrected chi connectivity index (χ4v) is 1.94. The van der Waals surface area contributed by atoms with Crippen molar-refractivity contribution in [1.29, 1.82) is 0 Å². The van der Waals surface area contributed by atoms with Crippen molar-refractivity contribution >= 4 is 43.5 Å². The second-order valence-corrected chi connectivity index (χ2v) is 5.77. The van der Waals surface area contributed by atoms with Crippen molar-refractivity contribution in [3.63, 3.8) is 0 Å². The first-order valence-electron chi connectivity index (χ1n) is 3.96. The summed E-state index contributed by atoms with van der Waals surface area (Å²) in [5, 5.41) is -1.71. The van der Waals surface area contributed by atoms with Crippen LogP contribution in [0.4, 0.5) is 0 Å². The van der Waals surface area contributed by atoms with Crippen molar-refractivity contribution < 1.29 is 18.0 Å². The summed E-state index contributed by atoms with van der Waals surface area (Å²) in [6, 6.07) is 3.32. The van der Waals surface area contributed by atoms with Crippen LogP contribution in [-0.4, -0.2) is 25.2 Å². The molecule has 0 heterocycles. The molecule has 4 nitrogen and oxygen atoms in total. The first-order chi connectivity index (χ1) is 7.21. The maximum absolute atomic E-state index is 11.3. The Morgan fingerprint density at radius 1 is 1.00 bits per heavy atom. The fourth-order valence-electron chi connectivity index (χ4n) is 1.04. The lowest BCUT2D eigenvalue weighted by Gasteiger charge is -2.03. The molecule has 0 bridgehead atoms. The Morgan fingerprint density at radius 2 is 1.38 bits per heavy atom. The summed E-state index contributed by atoms with van der Waals surface area (Å²) in [7, 11) is -3.54. The third kappa shape index (κ3) is 3.04. The highest BCUT2D eigenvalue weighted by molar-refractivity contribution is 7.90. The second kappa shape index (κ2) is 4.53. The maximum Gasteiger partial charge on any atom is 0.252 e. The van der Waals surface area contributed by atoms with Crippen LogP contribution in [0.5, 0.6) is 0 Å². The van der Waals surface area contributed by atoms with Gasteiger partial charge in [-0.3, -0.25) is 9.59 Å². The van der Waals surface area contributed by atoms with E-state index in [4.69, 9.17) is 23.2 Å². The van der Waals surface area contributed by atoms with Gasteiger partial charge in [-0.2, -0.15) is 0 Å². The van der Waals surface area contributed by atoms with Crippen LogP contribution in [0.15, 0.2) is 23.1 Å². The zero-order valence-electron chi connectivity index (χ0n) is 8.03. The monoisotopic (exact) mass is 280 g/mol. The van der Waals surface area contributed by atoms with Crippen LogP contribution in [0, 0.1) is 0 Å². The molecule has 0 aliphatic heterocycles. The van der Waals surface area contributed by atoms with Crippen LogP contribution in [-0.2, 0) is 9.84 Å². The van der Waals surface area contributed by atoms with Crippen LogP contribution in [0.1, 0.15) is 20.7 Å². The van der Waals surface area contributed by atoms with Gasteiger partial charge in [-0.1, -0.05) is 0 Å². The van der Waals surface area contributed by atoms with Gasteiger partial charge in [-0.15, -0.1) is 0 Å². The zero-order chi connectivity index (χ0) is 12.5. The molecule has 0 unspecified atom stereocenters. The first-order valence-corrected chi connectivity index (χ1v) is 6.61. The smallest absolute Gasteiger partial charge is 0.252 e. The van der Waals surface area contributed by atoms with E-state index in [1.807, 2.05) is 0 Å². The number of sulfone groups is 1. The minimum Gasteiger partial charge on any atom is -0.276 e. The highest BCUT2D eigenvalue weighted by Crippen LogP contribution is 2.18. The van der Waals surface area contributed by atoms with Gasteiger partial charge < -0.3 is 0 Å². The molecule has 1 rings (SSSR count). The topological polar surface area (TPSA) is 68.3 Å². The van der Waals surface area contributed by atoms with E-state index in [1.54, 1.807) is 0 Å². The molecule has 0 aromatic heterocycles. The first kappa shape index (κ1) is 13.2. The summed E-state index contributed by atoms with van der Waals surface area (Å²) >= 11 is 10.4. The average Bonchev–Trinajstić information content (AvgIpc) is 2.15. The van der Waals surface area contributed by atoms with Gasteiger partial charge in [0.05, 0.1) is 4.90 Å². The number of hydrogen-bond acceptors (Lipinski definition) is 4. The minimum atomic E-state index is -3.54. The molecule has 0 saturated heterocycles. The van der Waals surface area contributed by atoms with Gasteiger partial charge in [0.1, 0.15) is 0 Å². The SMILES string of the molecule is CS(=O)(=O)c1cc(C(=O)Cl)cc(C(=O)Cl)c1. The molecule has 0 spiro atoms. The van der Waals surface area contributed by atoms with E-state index in [9.17, 15) is 18.0 Å². The standard InChI is InChI=1S/C9H6Cl2O4S/c1-16(14,15)7-3-5(8(10)12)2-6(4-7)9(11)13/h2-4H,1H3. The molecule has 0 aliphatic carbocycles.